The number of aryl methyl sites for hydroxylation is 1. The van der Waals surface area contributed by atoms with Crippen LogP contribution in [0.2, 0.25) is 0 Å². The highest BCUT2D eigenvalue weighted by atomic mass is 19.1. The number of nitrogens with one attached hydrogen (secondary N) is 2. The SMILES string of the molecule is CCNC(=O)C[C@@]1(CCc2ccccc2)N[C@H](CO)[C@@H](O)[C@H]1F. The van der Waals surface area contributed by atoms with Crippen LogP contribution in [0.15, 0.2) is 30.3 Å². The van der Waals surface area contributed by atoms with E-state index in [4.69, 9.17) is 0 Å². The summed E-state index contributed by atoms with van der Waals surface area (Å²) in [5, 5.41) is 25.0. The summed E-state index contributed by atoms with van der Waals surface area (Å²) >= 11 is 0. The summed E-state index contributed by atoms with van der Waals surface area (Å²) in [5.41, 5.74) is -0.124. The molecule has 1 aromatic rings. The Balaban J connectivity index is 2.16. The maximum atomic E-state index is 14.8. The van der Waals surface area contributed by atoms with Gasteiger partial charge in [0.05, 0.1) is 18.2 Å². The number of aliphatic hydroxyl groups is 2. The monoisotopic (exact) mass is 324 g/mol. The summed E-state index contributed by atoms with van der Waals surface area (Å²) in [7, 11) is 0. The van der Waals surface area contributed by atoms with Crippen molar-refractivity contribution in [3.63, 3.8) is 0 Å². The quantitative estimate of drug-likeness (QED) is 0.590. The number of amides is 1. The molecule has 6 heteroatoms. The Labute approximate surface area is 135 Å². The molecular weight excluding hydrogens is 299 g/mol. The Morgan fingerprint density at radius 3 is 2.65 bits per heavy atom. The van der Waals surface area contributed by atoms with Gasteiger partial charge in [-0.2, -0.15) is 0 Å². The molecule has 0 radical (unpaired) electrons. The van der Waals surface area contributed by atoms with Crippen LogP contribution in [0.3, 0.4) is 0 Å². The average Bonchev–Trinajstić information content (AvgIpc) is 2.79. The van der Waals surface area contributed by atoms with Gasteiger partial charge >= 0.3 is 0 Å². The lowest BCUT2D eigenvalue weighted by Gasteiger charge is -2.32. The molecule has 2 rings (SSSR count). The first kappa shape index (κ1) is 17.8. The van der Waals surface area contributed by atoms with Crippen molar-refractivity contribution in [3.05, 3.63) is 35.9 Å². The smallest absolute Gasteiger partial charge is 0.221 e. The van der Waals surface area contributed by atoms with Gasteiger partial charge in [0.1, 0.15) is 12.3 Å². The third-order valence-corrected chi connectivity index (χ3v) is 4.46. The molecule has 5 nitrogen and oxygen atoms in total. The van der Waals surface area contributed by atoms with Crippen LogP contribution in [0.5, 0.6) is 0 Å². The van der Waals surface area contributed by atoms with Crippen molar-refractivity contribution in [2.45, 2.75) is 50.0 Å². The van der Waals surface area contributed by atoms with E-state index in [-0.39, 0.29) is 18.9 Å². The Kier molecular flexibility index (Phi) is 6.10. The molecule has 23 heavy (non-hydrogen) atoms. The number of carbonyl (C=O) groups is 1. The Morgan fingerprint density at radius 2 is 2.09 bits per heavy atom. The molecule has 4 atom stereocenters. The highest BCUT2D eigenvalue weighted by Gasteiger charge is 2.53. The molecule has 0 unspecified atom stereocenters. The average molecular weight is 324 g/mol. The van der Waals surface area contributed by atoms with Gasteiger partial charge in [-0.05, 0) is 25.3 Å². The fourth-order valence-electron chi connectivity index (χ4n) is 3.22. The van der Waals surface area contributed by atoms with E-state index in [1.807, 2.05) is 30.3 Å². The van der Waals surface area contributed by atoms with Gasteiger partial charge in [-0.1, -0.05) is 30.3 Å². The van der Waals surface area contributed by atoms with Gasteiger partial charge < -0.3 is 20.8 Å². The molecule has 4 N–H and O–H groups in total. The summed E-state index contributed by atoms with van der Waals surface area (Å²) in [6, 6.07) is 8.86. The fourth-order valence-corrected chi connectivity index (χ4v) is 3.22. The summed E-state index contributed by atoms with van der Waals surface area (Å²) in [6.45, 7) is 1.90. The van der Waals surface area contributed by atoms with Crippen molar-refractivity contribution in [1.29, 1.82) is 0 Å². The Bertz CT molecular complexity index is 514. The van der Waals surface area contributed by atoms with Gasteiger partial charge in [0.2, 0.25) is 5.91 Å². The second kappa shape index (κ2) is 7.86. The van der Waals surface area contributed by atoms with Crippen LogP contribution < -0.4 is 10.6 Å². The zero-order valence-electron chi connectivity index (χ0n) is 13.3. The van der Waals surface area contributed by atoms with Crippen LogP contribution in [0.4, 0.5) is 4.39 Å². The molecule has 1 aliphatic rings. The largest absolute Gasteiger partial charge is 0.395 e. The van der Waals surface area contributed by atoms with Crippen molar-refractivity contribution in [1.82, 2.24) is 10.6 Å². The third kappa shape index (κ3) is 4.07. The number of alkyl halides is 1. The number of benzene rings is 1. The van der Waals surface area contributed by atoms with E-state index in [2.05, 4.69) is 10.6 Å². The van der Waals surface area contributed by atoms with Crippen molar-refractivity contribution < 1.29 is 19.4 Å². The first-order chi connectivity index (χ1) is 11.0. The lowest BCUT2D eigenvalue weighted by atomic mass is 9.84. The predicted molar refractivity (Wildman–Crippen MR) is 85.7 cm³/mol. The number of aliphatic hydroxyl groups excluding tert-OH is 2. The zero-order valence-corrected chi connectivity index (χ0v) is 13.3. The van der Waals surface area contributed by atoms with E-state index in [1.54, 1.807) is 6.92 Å². The van der Waals surface area contributed by atoms with Gasteiger partial charge in [-0.3, -0.25) is 4.79 Å². The van der Waals surface area contributed by atoms with Gasteiger partial charge in [-0.25, -0.2) is 4.39 Å². The summed E-state index contributed by atoms with van der Waals surface area (Å²) in [5.74, 6) is -0.262. The summed E-state index contributed by atoms with van der Waals surface area (Å²) < 4.78 is 14.8. The minimum Gasteiger partial charge on any atom is -0.395 e. The standard InChI is InChI=1S/C17H25FN2O3/c1-2-19-14(22)10-17(9-8-12-6-4-3-5-7-12)16(18)15(23)13(11-21)20-17/h3-7,13,15-16,20-21,23H,2,8-11H2,1H3,(H,19,22)/t13-,15-,16-,17-/m1/s1. The zero-order chi connectivity index (χ0) is 16.9. The van der Waals surface area contributed by atoms with E-state index < -0.39 is 23.9 Å². The van der Waals surface area contributed by atoms with Gasteiger partial charge in [0, 0.05) is 13.0 Å². The number of halogens is 1. The van der Waals surface area contributed by atoms with Gasteiger partial charge in [0.15, 0.2) is 0 Å². The molecular formula is C17H25FN2O3. The first-order valence-corrected chi connectivity index (χ1v) is 8.03. The lowest BCUT2D eigenvalue weighted by Crippen LogP contribution is -2.52. The van der Waals surface area contributed by atoms with Crippen molar-refractivity contribution >= 4 is 5.91 Å². The Hall–Kier alpha value is -1.50. The molecule has 1 fully saturated rings. The molecule has 0 bridgehead atoms. The molecule has 1 amide bonds. The van der Waals surface area contributed by atoms with E-state index in [0.717, 1.165) is 5.56 Å². The second-order valence-corrected chi connectivity index (χ2v) is 6.10. The normalized spacial score (nSPS) is 30.3. The highest BCUT2D eigenvalue weighted by Crippen LogP contribution is 2.34. The minimum atomic E-state index is -1.61. The molecule has 0 saturated carbocycles. The maximum absolute atomic E-state index is 14.8. The topological polar surface area (TPSA) is 81.6 Å². The number of carbonyl (C=O) groups excluding carboxylic acids is 1. The fraction of sp³-hybridized carbons (Fsp3) is 0.588. The number of hydrogen-bond acceptors (Lipinski definition) is 4. The molecule has 0 aliphatic carbocycles. The Morgan fingerprint density at radius 1 is 1.39 bits per heavy atom. The number of rotatable bonds is 7. The summed E-state index contributed by atoms with van der Waals surface area (Å²) in [4.78, 5) is 12.0. The predicted octanol–water partition coefficient (Wildman–Crippen LogP) is 0.547. The molecule has 1 aliphatic heterocycles. The summed E-state index contributed by atoms with van der Waals surface area (Å²) in [6.07, 6.45) is -2.04. The van der Waals surface area contributed by atoms with Crippen LogP contribution in [-0.2, 0) is 11.2 Å². The van der Waals surface area contributed by atoms with E-state index in [9.17, 15) is 19.4 Å². The molecule has 1 saturated heterocycles. The van der Waals surface area contributed by atoms with Crippen LogP contribution in [-0.4, -0.2) is 53.1 Å². The van der Waals surface area contributed by atoms with E-state index in [0.29, 0.717) is 19.4 Å². The second-order valence-electron chi connectivity index (χ2n) is 6.10. The van der Waals surface area contributed by atoms with Crippen LogP contribution in [0.1, 0.15) is 25.3 Å². The van der Waals surface area contributed by atoms with E-state index >= 15 is 0 Å². The van der Waals surface area contributed by atoms with Crippen molar-refractivity contribution in [2.75, 3.05) is 13.2 Å². The lowest BCUT2D eigenvalue weighted by molar-refractivity contribution is -0.123. The molecule has 1 heterocycles. The highest BCUT2D eigenvalue weighted by molar-refractivity contribution is 5.77. The van der Waals surface area contributed by atoms with Crippen molar-refractivity contribution in [2.24, 2.45) is 0 Å². The van der Waals surface area contributed by atoms with E-state index in [1.165, 1.54) is 0 Å². The maximum Gasteiger partial charge on any atom is 0.221 e. The first-order valence-electron chi connectivity index (χ1n) is 8.03. The molecule has 0 spiro atoms. The molecule has 128 valence electrons. The third-order valence-electron chi connectivity index (χ3n) is 4.46. The minimum absolute atomic E-state index is 0.0671. The van der Waals surface area contributed by atoms with Gasteiger partial charge in [-0.15, -0.1) is 0 Å². The molecule has 1 aromatic carbocycles. The van der Waals surface area contributed by atoms with Crippen molar-refractivity contribution in [3.8, 4) is 0 Å². The van der Waals surface area contributed by atoms with Crippen LogP contribution in [0.25, 0.3) is 0 Å². The van der Waals surface area contributed by atoms with Gasteiger partial charge in [0.25, 0.3) is 0 Å². The number of hydrogen-bond donors (Lipinski definition) is 4. The molecule has 0 aromatic heterocycles. The van der Waals surface area contributed by atoms with Crippen LogP contribution >= 0.6 is 0 Å². The van der Waals surface area contributed by atoms with Crippen LogP contribution in [0, 0.1) is 0 Å².